The maximum Gasteiger partial charge on any atom is 2.00 e. The average molecular weight is 287 g/mol. The number of aliphatic carboxylic acids is 2. The maximum absolute atomic E-state index is 9.79. The summed E-state index contributed by atoms with van der Waals surface area (Å²) < 4.78 is 0. The molecule has 0 aromatic rings. The van der Waals surface area contributed by atoms with Gasteiger partial charge in [-0.2, -0.15) is 0 Å². The predicted molar refractivity (Wildman–Crippen MR) is 66.9 cm³/mol. The van der Waals surface area contributed by atoms with Crippen molar-refractivity contribution in [3.8, 4) is 0 Å². The zero-order valence-electron chi connectivity index (χ0n) is 11.3. The second-order valence-electron chi connectivity index (χ2n) is 3.81. The summed E-state index contributed by atoms with van der Waals surface area (Å²) in [5.41, 5.74) is 0. The van der Waals surface area contributed by atoms with Crippen LogP contribution in [0.4, 0.5) is 0 Å². The molecule has 0 fully saturated rings. The summed E-state index contributed by atoms with van der Waals surface area (Å²) in [6.07, 6.45) is 4.36. The predicted octanol–water partition coefficient (Wildman–Crippen LogP) is -1.80. The van der Waals surface area contributed by atoms with Crippen molar-refractivity contribution in [1.29, 1.82) is 0 Å². The summed E-state index contributed by atoms with van der Waals surface area (Å²) in [6, 6.07) is 0. The van der Waals surface area contributed by atoms with Crippen molar-refractivity contribution < 1.29 is 30.0 Å². The number of aliphatic hydroxyl groups is 2. The molecule has 0 aromatic heterocycles. The van der Waals surface area contributed by atoms with Crippen molar-refractivity contribution >= 4 is 35.0 Å². The van der Waals surface area contributed by atoms with E-state index in [1.54, 1.807) is 0 Å². The Kier molecular flexibility index (Phi) is 24.9. The molecule has 0 saturated carbocycles. The fraction of sp³-hybridized carbons (Fsp3) is 0.833. The summed E-state index contributed by atoms with van der Waals surface area (Å²) in [5, 5.41) is 36.1. The monoisotopic (exact) mass is 286 g/mol. The number of hydrogen-bond acceptors (Lipinski definition) is 6. The van der Waals surface area contributed by atoms with E-state index < -0.39 is 11.9 Å². The number of rotatable bonds is 10. The van der Waals surface area contributed by atoms with Crippen molar-refractivity contribution in [3.05, 3.63) is 0 Å². The van der Waals surface area contributed by atoms with Gasteiger partial charge in [0, 0.05) is 25.2 Å². The number of carbonyl (C=O) groups excluding carboxylic acids is 2. The Labute approximate surface area is 130 Å². The first kappa shape index (κ1) is 23.7. The second kappa shape index (κ2) is 20.0. The molecule has 19 heavy (non-hydrogen) atoms. The summed E-state index contributed by atoms with van der Waals surface area (Å²) >= 11 is 0. The van der Waals surface area contributed by atoms with E-state index in [0.29, 0.717) is 25.7 Å². The minimum atomic E-state index is -1.01. The molecule has 0 saturated heterocycles. The zero-order valence-corrected chi connectivity index (χ0v) is 12.7. The molecule has 0 amide bonds. The summed E-state index contributed by atoms with van der Waals surface area (Å²) in [4.78, 5) is 19.6. The summed E-state index contributed by atoms with van der Waals surface area (Å²) in [7, 11) is 0. The normalized spacial score (nSPS) is 8.95. The molecule has 0 aliphatic heterocycles. The molecule has 0 unspecified atom stereocenters. The molecule has 0 radical (unpaired) electrons. The van der Waals surface area contributed by atoms with Gasteiger partial charge < -0.3 is 30.0 Å². The van der Waals surface area contributed by atoms with Crippen LogP contribution in [0.3, 0.4) is 0 Å². The molecule has 0 aromatic carbocycles. The smallest absolute Gasteiger partial charge is 0.550 e. The van der Waals surface area contributed by atoms with Gasteiger partial charge in [0.05, 0.1) is 0 Å². The first-order chi connectivity index (χ1) is 8.54. The molecule has 0 heterocycles. The Bertz CT molecular complexity index is 188. The van der Waals surface area contributed by atoms with Gasteiger partial charge in [-0.05, 0) is 38.5 Å². The Morgan fingerprint density at radius 1 is 0.684 bits per heavy atom. The van der Waals surface area contributed by atoms with Gasteiger partial charge in [0.15, 0.2) is 0 Å². The van der Waals surface area contributed by atoms with Crippen LogP contribution in [-0.2, 0) is 9.59 Å². The van der Waals surface area contributed by atoms with E-state index in [9.17, 15) is 19.8 Å². The van der Waals surface area contributed by atoms with E-state index in [0.717, 1.165) is 12.8 Å². The number of aliphatic hydroxyl groups excluding tert-OH is 2. The minimum absolute atomic E-state index is 0. The van der Waals surface area contributed by atoms with E-state index in [1.807, 2.05) is 0 Å². The average Bonchev–Trinajstić information content (AvgIpc) is 2.31. The molecule has 0 aliphatic carbocycles. The first-order valence-corrected chi connectivity index (χ1v) is 6.16. The van der Waals surface area contributed by atoms with E-state index in [-0.39, 0.29) is 49.1 Å². The van der Waals surface area contributed by atoms with Crippen LogP contribution < -0.4 is 10.2 Å². The maximum atomic E-state index is 9.79. The van der Waals surface area contributed by atoms with Crippen LogP contribution in [0.5, 0.6) is 0 Å². The number of carboxylic acid groups (broad SMARTS) is 2. The van der Waals surface area contributed by atoms with E-state index in [4.69, 9.17) is 10.2 Å². The molecular weight excluding hydrogens is 264 g/mol. The number of unbranched alkanes of at least 4 members (excludes halogenated alkanes) is 4. The van der Waals surface area contributed by atoms with Gasteiger partial charge in [0.25, 0.3) is 0 Å². The molecule has 6 nitrogen and oxygen atoms in total. The Hall–Kier alpha value is -0.374. The quantitative estimate of drug-likeness (QED) is 0.361. The molecule has 0 spiro atoms. The van der Waals surface area contributed by atoms with Crippen molar-refractivity contribution in [3.63, 3.8) is 0 Å². The van der Waals surface area contributed by atoms with E-state index >= 15 is 0 Å². The molecule has 7 heteroatoms. The first-order valence-electron chi connectivity index (χ1n) is 6.16. The topological polar surface area (TPSA) is 121 Å². The summed E-state index contributed by atoms with van der Waals surface area (Å²) in [6.45, 7) is 0.292. The third-order valence-electron chi connectivity index (χ3n) is 2.08. The van der Waals surface area contributed by atoms with E-state index in [2.05, 4.69) is 0 Å². The summed E-state index contributed by atoms with van der Waals surface area (Å²) in [5.74, 6) is -2.01. The molecule has 0 bridgehead atoms. The van der Waals surface area contributed by atoms with Crippen molar-refractivity contribution in [2.75, 3.05) is 13.2 Å². The molecule has 0 rings (SSSR count). The van der Waals surface area contributed by atoms with Crippen molar-refractivity contribution in [1.82, 2.24) is 0 Å². The van der Waals surface area contributed by atoms with Crippen LogP contribution in [0, 0.1) is 0 Å². The van der Waals surface area contributed by atoms with Crippen molar-refractivity contribution in [2.45, 2.75) is 51.4 Å². The molecular formula is C12H22MgO6. The van der Waals surface area contributed by atoms with Gasteiger partial charge in [0.2, 0.25) is 0 Å². The van der Waals surface area contributed by atoms with Gasteiger partial charge in [-0.15, -0.1) is 0 Å². The molecule has 2 N–H and O–H groups in total. The number of carboxylic acids is 2. The Morgan fingerprint density at radius 3 is 1.21 bits per heavy atom. The van der Waals surface area contributed by atoms with Crippen LogP contribution in [0.15, 0.2) is 0 Å². The van der Waals surface area contributed by atoms with Crippen LogP contribution in [0.1, 0.15) is 51.4 Å². The number of hydrogen-bond donors (Lipinski definition) is 2. The van der Waals surface area contributed by atoms with Crippen LogP contribution in [0.2, 0.25) is 0 Å². The minimum Gasteiger partial charge on any atom is -0.550 e. The van der Waals surface area contributed by atoms with E-state index in [1.165, 1.54) is 0 Å². The van der Waals surface area contributed by atoms with Crippen LogP contribution in [-0.4, -0.2) is 58.4 Å². The van der Waals surface area contributed by atoms with Crippen molar-refractivity contribution in [2.24, 2.45) is 0 Å². The molecule has 108 valence electrons. The fourth-order valence-electron chi connectivity index (χ4n) is 1.12. The Morgan fingerprint density at radius 2 is 1.00 bits per heavy atom. The van der Waals surface area contributed by atoms with Gasteiger partial charge in [0.1, 0.15) is 0 Å². The van der Waals surface area contributed by atoms with Gasteiger partial charge in [-0.1, -0.05) is 12.8 Å². The molecule has 0 atom stereocenters. The standard InChI is InChI=1S/2C6H12O3.Mg/c2*7-5-3-1-2-4-6(8)9;/h2*7H,1-5H2,(H,8,9);/q;;+2/p-2. The zero-order chi connectivity index (χ0) is 14.2. The van der Waals surface area contributed by atoms with Crippen LogP contribution >= 0.6 is 0 Å². The number of carbonyl (C=O) groups is 2. The Balaban J connectivity index is -0.000000256. The largest absolute Gasteiger partial charge is 2.00 e. The van der Waals surface area contributed by atoms with Gasteiger partial charge >= 0.3 is 23.1 Å². The van der Waals surface area contributed by atoms with Gasteiger partial charge in [-0.25, -0.2) is 0 Å². The SMILES string of the molecule is O=C([O-])CCCCCO.O=C([O-])CCCCCO.[Mg+2]. The second-order valence-corrected chi connectivity index (χ2v) is 3.81. The molecule has 0 aliphatic rings. The van der Waals surface area contributed by atoms with Gasteiger partial charge in [-0.3, -0.25) is 0 Å². The third kappa shape index (κ3) is 31.8. The third-order valence-corrected chi connectivity index (χ3v) is 2.08. The van der Waals surface area contributed by atoms with Crippen LogP contribution in [0.25, 0.3) is 0 Å². The fourth-order valence-corrected chi connectivity index (χ4v) is 1.12.